The normalized spacial score (nSPS) is 11.4. The average Bonchev–Trinajstić information content (AvgIpc) is 2.79. The Kier molecular flexibility index (Phi) is 6.79. The number of rotatable bonds is 8. The third-order valence-corrected chi connectivity index (χ3v) is 4.47. The molecular weight excluding hydrogens is 384 g/mol. The van der Waals surface area contributed by atoms with Crippen LogP contribution in [0.2, 0.25) is 0 Å². The number of ether oxygens (including phenoxy) is 2. The average molecular weight is 407 g/mol. The van der Waals surface area contributed by atoms with Crippen molar-refractivity contribution in [2.45, 2.75) is 13.0 Å². The minimum Gasteiger partial charge on any atom is -0.497 e. The van der Waals surface area contributed by atoms with Crippen molar-refractivity contribution >= 4 is 23.1 Å². The molecule has 0 radical (unpaired) electrons. The summed E-state index contributed by atoms with van der Waals surface area (Å²) in [5.74, 6) is 0.687. The fraction of sp³-hybridized carbons (Fsp3) is 0.130. The van der Waals surface area contributed by atoms with E-state index in [-0.39, 0.29) is 11.7 Å². The molecule has 0 heterocycles. The van der Waals surface area contributed by atoms with E-state index in [4.69, 9.17) is 14.7 Å². The van der Waals surface area contributed by atoms with Gasteiger partial charge in [-0.3, -0.25) is 9.59 Å². The SMILES string of the molecule is COc1ccc(C(=O)C(C)Oc2cccc(NC(=O)c3ccc([NH2+]O)cc3)c2)cc1. The first kappa shape index (κ1) is 21.0. The number of Topliss-reactive ketones (excluding diaryl/α,β-unsaturated/α-hetero) is 1. The van der Waals surface area contributed by atoms with E-state index in [1.54, 1.807) is 86.8 Å². The van der Waals surface area contributed by atoms with E-state index in [2.05, 4.69) is 5.32 Å². The van der Waals surface area contributed by atoms with Crippen molar-refractivity contribution < 1.29 is 29.8 Å². The molecule has 1 amide bonds. The molecule has 0 spiro atoms. The lowest BCUT2D eigenvalue weighted by molar-refractivity contribution is -0.825. The van der Waals surface area contributed by atoms with Crippen molar-refractivity contribution in [2.75, 3.05) is 12.4 Å². The zero-order valence-electron chi connectivity index (χ0n) is 16.7. The second-order valence-corrected chi connectivity index (χ2v) is 6.59. The Morgan fingerprint density at radius 2 is 1.60 bits per heavy atom. The number of ketones is 1. The Morgan fingerprint density at radius 3 is 2.23 bits per heavy atom. The van der Waals surface area contributed by atoms with Gasteiger partial charge in [0, 0.05) is 35.0 Å². The number of carbonyl (C=O) groups excluding carboxylic acids is 2. The predicted molar refractivity (Wildman–Crippen MR) is 112 cm³/mol. The number of benzene rings is 3. The van der Waals surface area contributed by atoms with Crippen molar-refractivity contribution in [1.29, 1.82) is 0 Å². The van der Waals surface area contributed by atoms with Crippen molar-refractivity contribution in [3.8, 4) is 11.5 Å². The largest absolute Gasteiger partial charge is 0.497 e. The predicted octanol–water partition coefficient (Wildman–Crippen LogP) is 3.18. The third kappa shape index (κ3) is 5.22. The van der Waals surface area contributed by atoms with Crippen molar-refractivity contribution in [3.05, 3.63) is 83.9 Å². The first-order valence-corrected chi connectivity index (χ1v) is 9.34. The highest BCUT2D eigenvalue weighted by molar-refractivity contribution is 6.04. The molecule has 0 aliphatic carbocycles. The molecule has 0 saturated heterocycles. The van der Waals surface area contributed by atoms with E-state index < -0.39 is 6.10 Å². The summed E-state index contributed by atoms with van der Waals surface area (Å²) in [6.45, 7) is 1.68. The van der Waals surface area contributed by atoms with Crippen LogP contribution in [-0.2, 0) is 0 Å². The minimum absolute atomic E-state index is 0.159. The van der Waals surface area contributed by atoms with Crippen LogP contribution in [-0.4, -0.2) is 30.1 Å². The number of quaternary nitrogens is 1. The highest BCUT2D eigenvalue weighted by atomic mass is 16.5. The summed E-state index contributed by atoms with van der Waals surface area (Å²) in [4.78, 5) is 25.0. The van der Waals surface area contributed by atoms with Crippen LogP contribution in [0.1, 0.15) is 27.6 Å². The maximum Gasteiger partial charge on any atom is 0.255 e. The summed E-state index contributed by atoms with van der Waals surface area (Å²) in [7, 11) is 1.57. The van der Waals surface area contributed by atoms with Gasteiger partial charge in [-0.25, -0.2) is 5.21 Å². The molecular formula is C23H23N2O5+. The fourth-order valence-electron chi connectivity index (χ4n) is 2.82. The maximum absolute atomic E-state index is 12.6. The van der Waals surface area contributed by atoms with E-state index in [9.17, 15) is 9.59 Å². The van der Waals surface area contributed by atoms with Gasteiger partial charge >= 0.3 is 0 Å². The lowest BCUT2D eigenvalue weighted by atomic mass is 10.1. The molecule has 4 N–H and O–H groups in total. The van der Waals surface area contributed by atoms with Gasteiger partial charge < -0.3 is 14.8 Å². The number of nitrogens with one attached hydrogen (secondary N) is 1. The molecule has 3 aromatic rings. The first-order chi connectivity index (χ1) is 14.5. The Balaban J connectivity index is 1.65. The zero-order valence-corrected chi connectivity index (χ0v) is 16.7. The Morgan fingerprint density at radius 1 is 0.933 bits per heavy atom. The van der Waals surface area contributed by atoms with Crippen LogP contribution in [0.3, 0.4) is 0 Å². The second kappa shape index (κ2) is 9.69. The van der Waals surface area contributed by atoms with Crippen LogP contribution >= 0.6 is 0 Å². The van der Waals surface area contributed by atoms with Gasteiger partial charge in [-0.15, -0.1) is 0 Å². The van der Waals surface area contributed by atoms with Crippen molar-refractivity contribution in [3.63, 3.8) is 0 Å². The molecule has 30 heavy (non-hydrogen) atoms. The van der Waals surface area contributed by atoms with E-state index >= 15 is 0 Å². The standard InChI is InChI=1S/C23H22N2O5/c1-15(22(26)16-8-12-20(29-2)13-9-16)30-21-5-3-4-19(14-21)24-23(27)17-6-10-18(25-28)11-7-17/h3-15,25,28H,1-2H3,(H,24,27)/p+1. The number of amides is 1. The highest BCUT2D eigenvalue weighted by Gasteiger charge is 2.17. The zero-order chi connectivity index (χ0) is 21.5. The summed E-state index contributed by atoms with van der Waals surface area (Å²) in [6, 6.07) is 20.2. The number of methoxy groups -OCH3 is 1. The maximum atomic E-state index is 12.6. The van der Waals surface area contributed by atoms with Gasteiger partial charge in [0.2, 0.25) is 5.78 Å². The van der Waals surface area contributed by atoms with E-state index in [0.717, 1.165) is 5.48 Å². The second-order valence-electron chi connectivity index (χ2n) is 6.59. The van der Waals surface area contributed by atoms with Gasteiger partial charge in [-0.1, -0.05) is 6.07 Å². The Hall–Kier alpha value is -3.68. The van der Waals surface area contributed by atoms with E-state index in [1.807, 2.05) is 0 Å². The molecule has 7 heteroatoms. The van der Waals surface area contributed by atoms with Gasteiger partial charge in [0.15, 0.2) is 11.8 Å². The molecule has 0 aliphatic heterocycles. The topological polar surface area (TPSA) is 101 Å². The first-order valence-electron chi connectivity index (χ1n) is 9.34. The smallest absolute Gasteiger partial charge is 0.255 e. The van der Waals surface area contributed by atoms with Crippen LogP contribution in [0.15, 0.2) is 72.8 Å². The van der Waals surface area contributed by atoms with Gasteiger partial charge in [0.1, 0.15) is 11.5 Å². The number of anilines is 1. The Bertz CT molecular complexity index is 1020. The van der Waals surface area contributed by atoms with Crippen LogP contribution in [0, 0.1) is 0 Å². The lowest BCUT2D eigenvalue weighted by Gasteiger charge is -2.15. The van der Waals surface area contributed by atoms with Gasteiger partial charge in [-0.05, 0) is 55.5 Å². The molecule has 0 aliphatic rings. The van der Waals surface area contributed by atoms with E-state index in [1.165, 1.54) is 0 Å². The number of hydrogen-bond donors (Lipinski definition) is 3. The summed E-state index contributed by atoms with van der Waals surface area (Å²) in [6.07, 6.45) is -0.702. The molecule has 1 unspecified atom stereocenters. The molecule has 0 saturated carbocycles. The number of carbonyl (C=O) groups is 2. The monoisotopic (exact) mass is 407 g/mol. The molecule has 0 fully saturated rings. The number of hydrogen-bond acceptors (Lipinski definition) is 5. The third-order valence-electron chi connectivity index (χ3n) is 4.47. The molecule has 3 aromatic carbocycles. The fourth-order valence-corrected chi connectivity index (χ4v) is 2.82. The summed E-state index contributed by atoms with van der Waals surface area (Å²) in [5.41, 5.74) is 3.10. The molecule has 1 atom stereocenters. The lowest BCUT2D eigenvalue weighted by Crippen LogP contribution is -2.73. The summed E-state index contributed by atoms with van der Waals surface area (Å²) >= 11 is 0. The minimum atomic E-state index is -0.702. The highest BCUT2D eigenvalue weighted by Crippen LogP contribution is 2.21. The number of nitrogens with two attached hydrogens (primary N) is 1. The van der Waals surface area contributed by atoms with Gasteiger partial charge in [0.25, 0.3) is 5.91 Å². The summed E-state index contributed by atoms with van der Waals surface area (Å²) < 4.78 is 10.9. The quantitative estimate of drug-likeness (QED) is 0.302. The van der Waals surface area contributed by atoms with Crippen molar-refractivity contribution in [1.82, 2.24) is 0 Å². The Labute approximate surface area is 174 Å². The molecule has 3 rings (SSSR count). The van der Waals surface area contributed by atoms with Crippen molar-refractivity contribution in [2.24, 2.45) is 0 Å². The summed E-state index contributed by atoms with van der Waals surface area (Å²) in [5, 5.41) is 11.8. The van der Waals surface area contributed by atoms with Crippen LogP contribution in [0.25, 0.3) is 0 Å². The molecule has 0 aromatic heterocycles. The van der Waals surface area contributed by atoms with Crippen LogP contribution in [0.5, 0.6) is 11.5 Å². The molecule has 0 bridgehead atoms. The van der Waals surface area contributed by atoms with E-state index in [0.29, 0.717) is 34.0 Å². The van der Waals surface area contributed by atoms with Gasteiger partial charge in [-0.2, -0.15) is 5.48 Å². The van der Waals surface area contributed by atoms with Crippen LogP contribution in [0.4, 0.5) is 11.4 Å². The molecule has 154 valence electrons. The molecule has 7 nitrogen and oxygen atoms in total. The van der Waals surface area contributed by atoms with Crippen LogP contribution < -0.4 is 20.3 Å². The van der Waals surface area contributed by atoms with Gasteiger partial charge in [0.05, 0.1) is 7.11 Å².